The summed E-state index contributed by atoms with van der Waals surface area (Å²) in [6.45, 7) is 2.28. The number of nitrogens with zero attached hydrogens (tertiary/aromatic N) is 1. The van der Waals surface area contributed by atoms with Crippen LogP contribution in [0.4, 0.5) is 0 Å². The molecule has 0 unspecified atom stereocenters. The lowest BCUT2D eigenvalue weighted by atomic mass is 10.0. The maximum absolute atomic E-state index is 12.8. The van der Waals surface area contributed by atoms with E-state index in [0.29, 0.717) is 29.4 Å². The van der Waals surface area contributed by atoms with Crippen LogP contribution in [0.3, 0.4) is 0 Å². The minimum absolute atomic E-state index is 0.0617. The fourth-order valence-corrected chi connectivity index (χ4v) is 3.30. The number of ether oxygens (including phenoxy) is 1. The summed E-state index contributed by atoms with van der Waals surface area (Å²) in [4.78, 5) is 49.2. The van der Waals surface area contributed by atoms with Gasteiger partial charge >= 0.3 is 5.97 Å². The molecule has 1 heterocycles. The normalized spacial score (nSPS) is 17.5. The number of esters is 1. The number of Topliss-reactive ketones (excluding diaryl/α,β-unsaturated/α-hetero) is 1. The van der Waals surface area contributed by atoms with Gasteiger partial charge in [-0.3, -0.25) is 14.4 Å². The molecule has 1 fully saturated rings. The van der Waals surface area contributed by atoms with Gasteiger partial charge in [-0.15, -0.1) is 0 Å². The summed E-state index contributed by atoms with van der Waals surface area (Å²) >= 11 is 0. The Morgan fingerprint density at radius 1 is 1.17 bits per heavy atom. The molecule has 7 nitrogen and oxygen atoms in total. The van der Waals surface area contributed by atoms with Crippen molar-refractivity contribution in [3.8, 4) is 0 Å². The third-order valence-electron chi connectivity index (χ3n) is 5.33. The van der Waals surface area contributed by atoms with Gasteiger partial charge < -0.3 is 14.6 Å². The molecule has 0 spiro atoms. The van der Waals surface area contributed by atoms with Crippen LogP contribution < -0.4 is 10.9 Å². The Kier molecular flexibility index (Phi) is 5.96. The third-order valence-corrected chi connectivity index (χ3v) is 5.33. The lowest BCUT2D eigenvalue weighted by Gasteiger charge is -2.12. The van der Waals surface area contributed by atoms with Gasteiger partial charge in [0.25, 0.3) is 11.5 Å². The zero-order valence-corrected chi connectivity index (χ0v) is 16.7. The van der Waals surface area contributed by atoms with Crippen LogP contribution >= 0.6 is 0 Å². The van der Waals surface area contributed by atoms with Crippen LogP contribution in [0.1, 0.15) is 56.4 Å². The molecule has 152 valence electrons. The summed E-state index contributed by atoms with van der Waals surface area (Å²) in [5, 5.41) is 2.45. The minimum atomic E-state index is -0.528. The monoisotopic (exact) mass is 396 g/mol. The van der Waals surface area contributed by atoms with E-state index in [1.165, 1.54) is 31.0 Å². The van der Waals surface area contributed by atoms with Crippen molar-refractivity contribution in [2.24, 2.45) is 11.8 Å². The topological polar surface area (TPSA) is 94.5 Å². The number of ketones is 1. The number of rotatable bonds is 7. The van der Waals surface area contributed by atoms with E-state index in [1.54, 1.807) is 24.3 Å². The van der Waals surface area contributed by atoms with Gasteiger partial charge in [0.2, 0.25) is 0 Å². The first-order valence-corrected chi connectivity index (χ1v) is 9.51. The smallest absolute Gasteiger partial charge is 0.337 e. The van der Waals surface area contributed by atoms with Crippen LogP contribution in [0, 0.1) is 11.8 Å². The van der Waals surface area contributed by atoms with Crippen LogP contribution in [0.25, 0.3) is 0 Å². The second-order valence-electron chi connectivity index (χ2n) is 7.44. The highest BCUT2D eigenvalue weighted by atomic mass is 16.5. The molecule has 3 rings (SSSR count). The van der Waals surface area contributed by atoms with Crippen molar-refractivity contribution < 1.29 is 19.1 Å². The van der Waals surface area contributed by atoms with Crippen molar-refractivity contribution in [2.45, 2.75) is 26.3 Å². The van der Waals surface area contributed by atoms with Gasteiger partial charge in [0, 0.05) is 25.2 Å². The van der Waals surface area contributed by atoms with E-state index >= 15 is 0 Å². The Bertz CT molecular complexity index is 1010. The Labute approximate surface area is 168 Å². The van der Waals surface area contributed by atoms with Gasteiger partial charge in [0.05, 0.1) is 19.2 Å². The van der Waals surface area contributed by atoms with Crippen molar-refractivity contribution in [1.82, 2.24) is 9.88 Å². The van der Waals surface area contributed by atoms with Crippen molar-refractivity contribution in [3.05, 3.63) is 69.1 Å². The molecule has 2 atom stereocenters. The van der Waals surface area contributed by atoms with E-state index < -0.39 is 17.4 Å². The summed E-state index contributed by atoms with van der Waals surface area (Å²) in [5.41, 5.74) is 0.972. The van der Waals surface area contributed by atoms with E-state index in [4.69, 9.17) is 0 Å². The van der Waals surface area contributed by atoms with E-state index in [9.17, 15) is 19.2 Å². The fourth-order valence-electron chi connectivity index (χ4n) is 3.30. The largest absolute Gasteiger partial charge is 0.465 e. The average molecular weight is 396 g/mol. The molecule has 1 amide bonds. The molecule has 1 N–H and O–H groups in total. The molecular formula is C22H24N2O5. The van der Waals surface area contributed by atoms with Gasteiger partial charge in [-0.25, -0.2) is 4.79 Å². The number of methoxy groups -OCH3 is 1. The average Bonchev–Trinajstić information content (AvgIpc) is 3.42. The van der Waals surface area contributed by atoms with Gasteiger partial charge in [-0.1, -0.05) is 19.1 Å². The maximum atomic E-state index is 12.8. The fraction of sp³-hybridized carbons (Fsp3) is 0.364. The SMILES string of the molecule is CNC(=O)c1cc(C(=O)C[C@H]2C[C@@H]2C)cn(Cc2ccc(C(=O)OC)cc2)c1=O. The number of nitrogens with one attached hydrogen (secondary N) is 1. The lowest BCUT2D eigenvalue weighted by Crippen LogP contribution is -2.32. The van der Waals surface area contributed by atoms with Gasteiger partial charge in [-0.05, 0) is 42.0 Å². The third kappa shape index (κ3) is 4.62. The van der Waals surface area contributed by atoms with Gasteiger partial charge in [-0.2, -0.15) is 0 Å². The van der Waals surface area contributed by atoms with Crippen LogP contribution in [-0.4, -0.2) is 36.4 Å². The molecule has 1 aromatic heterocycles. The predicted molar refractivity (Wildman–Crippen MR) is 107 cm³/mol. The zero-order valence-electron chi connectivity index (χ0n) is 16.7. The molecule has 1 aromatic carbocycles. The van der Waals surface area contributed by atoms with Crippen LogP contribution in [0.5, 0.6) is 0 Å². The molecule has 0 radical (unpaired) electrons. The first kappa shape index (κ1) is 20.5. The summed E-state index contributed by atoms with van der Waals surface area (Å²) in [6, 6.07) is 8.01. The second-order valence-corrected chi connectivity index (χ2v) is 7.44. The molecule has 0 bridgehead atoms. The first-order chi connectivity index (χ1) is 13.8. The molecule has 7 heteroatoms. The number of pyridine rings is 1. The van der Waals surface area contributed by atoms with Gasteiger partial charge in [0.1, 0.15) is 5.56 Å². The number of amides is 1. The van der Waals surface area contributed by atoms with Crippen molar-refractivity contribution in [1.29, 1.82) is 0 Å². The standard InChI is InChI=1S/C22H24N2O5/c1-13-8-16(13)10-19(25)17-9-18(20(26)23-2)21(27)24(12-17)11-14-4-6-15(7-5-14)22(28)29-3/h4-7,9,12-13,16H,8,10-11H2,1-3H3,(H,23,26)/t13-,16+/m0/s1. The number of hydrogen-bond acceptors (Lipinski definition) is 5. The van der Waals surface area contributed by atoms with Crippen LogP contribution in [0.15, 0.2) is 41.3 Å². The van der Waals surface area contributed by atoms with Gasteiger partial charge in [0.15, 0.2) is 5.78 Å². The van der Waals surface area contributed by atoms with Crippen LogP contribution in [-0.2, 0) is 11.3 Å². The first-order valence-electron chi connectivity index (χ1n) is 9.51. The molecule has 2 aromatic rings. The summed E-state index contributed by atoms with van der Waals surface area (Å²) in [7, 11) is 2.75. The molecule has 0 saturated heterocycles. The second kappa shape index (κ2) is 8.43. The Morgan fingerprint density at radius 2 is 1.83 bits per heavy atom. The highest BCUT2D eigenvalue weighted by Gasteiger charge is 2.34. The summed E-state index contributed by atoms with van der Waals surface area (Å²) < 4.78 is 6.04. The quantitative estimate of drug-likeness (QED) is 0.572. The molecule has 29 heavy (non-hydrogen) atoms. The number of carbonyl (C=O) groups is 3. The van der Waals surface area contributed by atoms with E-state index in [2.05, 4.69) is 17.0 Å². The zero-order chi connectivity index (χ0) is 21.1. The number of hydrogen-bond donors (Lipinski definition) is 1. The Morgan fingerprint density at radius 3 is 2.38 bits per heavy atom. The molecule has 1 aliphatic carbocycles. The maximum Gasteiger partial charge on any atom is 0.337 e. The number of benzene rings is 1. The number of aromatic nitrogens is 1. The van der Waals surface area contributed by atoms with Crippen molar-refractivity contribution >= 4 is 17.7 Å². The van der Waals surface area contributed by atoms with E-state index in [-0.39, 0.29) is 17.9 Å². The summed E-state index contributed by atoms with van der Waals surface area (Å²) in [5.74, 6) is -0.134. The van der Waals surface area contributed by atoms with Crippen molar-refractivity contribution in [3.63, 3.8) is 0 Å². The summed E-state index contributed by atoms with van der Waals surface area (Å²) in [6.07, 6.45) is 2.96. The molecular weight excluding hydrogens is 372 g/mol. The molecule has 1 saturated carbocycles. The van der Waals surface area contributed by atoms with Crippen LogP contribution in [0.2, 0.25) is 0 Å². The minimum Gasteiger partial charge on any atom is -0.465 e. The molecule has 1 aliphatic rings. The number of carbonyl (C=O) groups excluding carboxylic acids is 3. The van der Waals surface area contributed by atoms with E-state index in [0.717, 1.165) is 12.0 Å². The lowest BCUT2D eigenvalue weighted by molar-refractivity contribution is 0.0600. The highest BCUT2D eigenvalue weighted by Crippen LogP contribution is 2.41. The Balaban J connectivity index is 1.92. The highest BCUT2D eigenvalue weighted by molar-refractivity contribution is 6.00. The van der Waals surface area contributed by atoms with Crippen molar-refractivity contribution in [2.75, 3.05) is 14.2 Å². The van der Waals surface area contributed by atoms with E-state index in [1.807, 2.05) is 0 Å². The Hall–Kier alpha value is -3.22. The molecule has 0 aliphatic heterocycles. The predicted octanol–water partition coefficient (Wildman–Crippen LogP) is 2.27.